The largest absolute Gasteiger partial charge is 0.480 e. The number of carbonyl (C=O) groups is 4. The lowest BCUT2D eigenvalue weighted by Crippen LogP contribution is -2.43. The molecule has 0 aromatic heterocycles. The molecule has 42 heavy (non-hydrogen) atoms. The molecule has 2 amide bonds. The molecule has 0 aromatic rings. The Morgan fingerprint density at radius 3 is 1.57 bits per heavy atom. The van der Waals surface area contributed by atoms with Crippen LogP contribution in [0.4, 0.5) is 9.59 Å². The van der Waals surface area contributed by atoms with E-state index in [1.165, 1.54) is 0 Å². The summed E-state index contributed by atoms with van der Waals surface area (Å²) in [5.74, 6) is -1.38. The molecule has 0 unspecified atom stereocenters. The molecule has 0 aliphatic heterocycles. The normalized spacial score (nSPS) is 16.3. The van der Waals surface area contributed by atoms with Crippen LogP contribution in [0.5, 0.6) is 0 Å². The number of allylic oxidation sites excluding steroid dienone is 2. The summed E-state index contributed by atoms with van der Waals surface area (Å²) >= 11 is 0. The second-order valence-corrected chi connectivity index (χ2v) is 11.0. The molecular formula is C32H54N2O8. The Morgan fingerprint density at radius 2 is 1.17 bits per heavy atom. The molecule has 0 saturated heterocycles. The molecule has 2 aliphatic rings. The van der Waals surface area contributed by atoms with Gasteiger partial charge in [0, 0.05) is 0 Å². The minimum Gasteiger partial charge on any atom is -0.480 e. The van der Waals surface area contributed by atoms with Crippen molar-refractivity contribution in [2.75, 3.05) is 6.61 Å². The minimum absolute atomic E-state index is 0.00423. The number of alkyl carbamates (subject to hydrolysis) is 2. The predicted octanol–water partition coefficient (Wildman–Crippen LogP) is 6.97. The van der Waals surface area contributed by atoms with E-state index in [2.05, 4.69) is 23.8 Å². The summed E-state index contributed by atoms with van der Waals surface area (Å²) < 4.78 is 15.6. The summed E-state index contributed by atoms with van der Waals surface area (Å²) in [6.45, 7) is 9.40. The Bertz CT molecular complexity index is 806. The van der Waals surface area contributed by atoms with Crippen LogP contribution in [0.25, 0.3) is 0 Å². The molecule has 0 heterocycles. The zero-order valence-corrected chi connectivity index (χ0v) is 25.6. The first-order valence-corrected chi connectivity index (χ1v) is 15.9. The van der Waals surface area contributed by atoms with Crippen LogP contribution in [0.3, 0.4) is 0 Å². The maximum Gasteiger partial charge on any atom is 0.408 e. The lowest BCUT2D eigenvalue weighted by molar-refractivity contribution is -0.145. The number of nitrogens with one attached hydrogen (secondary N) is 2. The first kappa shape index (κ1) is 37.0. The van der Waals surface area contributed by atoms with Gasteiger partial charge in [0.1, 0.15) is 24.3 Å². The number of amides is 2. The van der Waals surface area contributed by atoms with E-state index in [0.29, 0.717) is 19.4 Å². The number of carbonyl (C=O) groups excluding carboxylic acids is 3. The first-order chi connectivity index (χ1) is 20.3. The van der Waals surface area contributed by atoms with Crippen LogP contribution in [0.15, 0.2) is 25.3 Å². The van der Waals surface area contributed by atoms with Gasteiger partial charge in [0.15, 0.2) is 0 Å². The molecule has 0 bridgehead atoms. The quantitative estimate of drug-likeness (QED) is 0.0630. The number of ether oxygens (including phenoxy) is 3. The minimum atomic E-state index is -1.00. The summed E-state index contributed by atoms with van der Waals surface area (Å²) in [5.41, 5.74) is 0. The third kappa shape index (κ3) is 17.7. The first-order valence-electron chi connectivity index (χ1n) is 15.9. The summed E-state index contributed by atoms with van der Waals surface area (Å²) in [5, 5.41) is 14.2. The van der Waals surface area contributed by atoms with Gasteiger partial charge in [-0.05, 0) is 96.8 Å². The zero-order chi connectivity index (χ0) is 31.0. The van der Waals surface area contributed by atoms with Crippen molar-refractivity contribution < 1.29 is 38.5 Å². The van der Waals surface area contributed by atoms with Crippen LogP contribution in [-0.2, 0) is 23.8 Å². The number of carboxylic acid groups (broad SMARTS) is 1. The number of hydrogen-bond donors (Lipinski definition) is 3. The van der Waals surface area contributed by atoms with Gasteiger partial charge in [0.05, 0.1) is 6.61 Å². The number of aliphatic carboxylic acids is 1. The fraction of sp³-hybridized carbons (Fsp3) is 0.750. The maximum absolute atomic E-state index is 11.9. The summed E-state index contributed by atoms with van der Waals surface area (Å²) in [6, 6.07) is -1.47. The Hall–Kier alpha value is -3.04. The second-order valence-electron chi connectivity index (χ2n) is 11.0. The van der Waals surface area contributed by atoms with E-state index in [4.69, 9.17) is 19.3 Å². The predicted molar refractivity (Wildman–Crippen MR) is 162 cm³/mol. The molecule has 2 fully saturated rings. The highest BCUT2D eigenvalue weighted by molar-refractivity contribution is 5.81. The third-order valence-corrected chi connectivity index (χ3v) is 7.41. The van der Waals surface area contributed by atoms with E-state index < -0.39 is 30.2 Å². The van der Waals surface area contributed by atoms with Crippen LogP contribution in [0, 0.1) is 0 Å². The number of esters is 1. The Labute approximate surface area is 252 Å². The van der Waals surface area contributed by atoms with Gasteiger partial charge in [0.2, 0.25) is 0 Å². The van der Waals surface area contributed by atoms with E-state index in [9.17, 15) is 19.2 Å². The van der Waals surface area contributed by atoms with Crippen LogP contribution >= 0.6 is 0 Å². The van der Waals surface area contributed by atoms with Gasteiger partial charge in [0.25, 0.3) is 0 Å². The molecule has 2 atom stereocenters. The van der Waals surface area contributed by atoms with Crippen molar-refractivity contribution >= 4 is 24.1 Å². The molecule has 240 valence electrons. The molecule has 2 rings (SSSR count). The van der Waals surface area contributed by atoms with E-state index in [-0.39, 0.29) is 18.2 Å². The highest BCUT2D eigenvalue weighted by Crippen LogP contribution is 2.22. The van der Waals surface area contributed by atoms with Crippen molar-refractivity contribution in [3.05, 3.63) is 25.3 Å². The van der Waals surface area contributed by atoms with Gasteiger partial charge in [-0.1, -0.05) is 37.8 Å². The highest BCUT2D eigenvalue weighted by Gasteiger charge is 2.26. The average Bonchev–Trinajstić information content (AvgIpc) is 3.66. The molecule has 10 heteroatoms. The Morgan fingerprint density at radius 1 is 0.738 bits per heavy atom. The number of hydrogen-bond acceptors (Lipinski definition) is 7. The molecule has 2 saturated carbocycles. The zero-order valence-electron chi connectivity index (χ0n) is 25.6. The lowest BCUT2D eigenvalue weighted by Gasteiger charge is -2.19. The van der Waals surface area contributed by atoms with Crippen molar-refractivity contribution in [1.29, 1.82) is 0 Å². The van der Waals surface area contributed by atoms with Crippen molar-refractivity contribution in [2.45, 2.75) is 147 Å². The fourth-order valence-corrected chi connectivity index (χ4v) is 5.04. The third-order valence-electron chi connectivity index (χ3n) is 7.41. The lowest BCUT2D eigenvalue weighted by atomic mass is 10.1. The number of unbranched alkanes of at least 4 members (excludes halogenated alkanes) is 6. The van der Waals surface area contributed by atoms with E-state index in [0.717, 1.165) is 103 Å². The summed E-state index contributed by atoms with van der Waals surface area (Å²) in [7, 11) is 0. The van der Waals surface area contributed by atoms with Gasteiger partial charge in [-0.25, -0.2) is 19.2 Å². The van der Waals surface area contributed by atoms with Crippen LogP contribution < -0.4 is 10.6 Å². The van der Waals surface area contributed by atoms with Gasteiger partial charge in [-0.3, -0.25) is 0 Å². The van der Waals surface area contributed by atoms with Gasteiger partial charge >= 0.3 is 24.1 Å². The molecule has 0 aromatic carbocycles. The van der Waals surface area contributed by atoms with Gasteiger partial charge < -0.3 is 30.0 Å². The fourth-order valence-electron chi connectivity index (χ4n) is 5.04. The maximum atomic E-state index is 11.9. The van der Waals surface area contributed by atoms with E-state index >= 15 is 0 Å². The average molecular weight is 595 g/mol. The van der Waals surface area contributed by atoms with Gasteiger partial charge in [-0.2, -0.15) is 0 Å². The monoisotopic (exact) mass is 594 g/mol. The molecule has 10 nitrogen and oxygen atoms in total. The van der Waals surface area contributed by atoms with Crippen molar-refractivity contribution in [1.82, 2.24) is 10.6 Å². The van der Waals surface area contributed by atoms with Crippen molar-refractivity contribution in [3.63, 3.8) is 0 Å². The van der Waals surface area contributed by atoms with Crippen LogP contribution in [0.1, 0.15) is 122 Å². The van der Waals surface area contributed by atoms with Crippen LogP contribution in [0.2, 0.25) is 0 Å². The molecule has 3 N–H and O–H groups in total. The topological polar surface area (TPSA) is 140 Å². The highest BCUT2D eigenvalue weighted by atomic mass is 16.6. The Balaban J connectivity index is 0.000000422. The second kappa shape index (κ2) is 23.5. The van der Waals surface area contributed by atoms with Crippen molar-refractivity contribution in [2.24, 2.45) is 0 Å². The van der Waals surface area contributed by atoms with Crippen molar-refractivity contribution in [3.8, 4) is 0 Å². The summed E-state index contributed by atoms with van der Waals surface area (Å²) in [4.78, 5) is 46.6. The molecule has 0 spiro atoms. The smallest absolute Gasteiger partial charge is 0.408 e. The molecular weight excluding hydrogens is 540 g/mol. The summed E-state index contributed by atoms with van der Waals surface area (Å²) in [6.07, 6.45) is 19.1. The van der Waals surface area contributed by atoms with E-state index in [1.807, 2.05) is 12.2 Å². The van der Waals surface area contributed by atoms with Gasteiger partial charge in [-0.15, -0.1) is 13.2 Å². The van der Waals surface area contributed by atoms with Crippen LogP contribution in [-0.4, -0.2) is 60.1 Å². The molecule has 2 aliphatic carbocycles. The Kier molecular flexibility index (Phi) is 20.7. The SMILES string of the molecule is C=CCCCCC[C@H](NC(=O)OC1CCCC1)C(=O)O.C=CCCCCC[C@H](NC(=O)OC1CCCC1)C(=O)OCC. The number of rotatable bonds is 19. The standard InChI is InChI=1S/C17H29NO4.C15H25NO4/c1-3-5-6-7-8-13-15(16(19)21-4-2)18-17(20)22-14-11-9-10-12-14;1-2-3-4-5-6-11-13(14(17)18)16-15(19)20-12-9-7-8-10-12/h3,14-15H,1,4-13H2,2H3,(H,18,20);2,12-13H,1,3-11H2,(H,16,19)(H,17,18)/t15-;13-/m00/s1. The van der Waals surface area contributed by atoms with E-state index in [1.54, 1.807) is 6.92 Å². The number of carboxylic acids is 1. The molecule has 0 radical (unpaired) electrons.